The SMILES string of the molecule is N#C/C(=C/c1ccc(-c2ccccc2[N+](=O)[O-])o1)c1cccc2ccccc12. The molecule has 0 bridgehead atoms. The average Bonchev–Trinajstić information content (AvgIpc) is 3.20. The van der Waals surface area contributed by atoms with Crippen LogP contribution in [0.2, 0.25) is 0 Å². The molecule has 3 aromatic carbocycles. The molecule has 0 saturated carbocycles. The summed E-state index contributed by atoms with van der Waals surface area (Å²) in [4.78, 5) is 10.8. The summed E-state index contributed by atoms with van der Waals surface area (Å²) in [5.41, 5.74) is 1.64. The van der Waals surface area contributed by atoms with E-state index in [4.69, 9.17) is 4.42 Å². The summed E-state index contributed by atoms with van der Waals surface area (Å²) in [6.45, 7) is 0. The van der Waals surface area contributed by atoms with Crippen LogP contribution in [0.5, 0.6) is 0 Å². The second kappa shape index (κ2) is 7.22. The first-order chi connectivity index (χ1) is 13.7. The highest BCUT2D eigenvalue weighted by Gasteiger charge is 2.17. The molecule has 0 saturated heterocycles. The van der Waals surface area contributed by atoms with Crippen molar-refractivity contribution >= 4 is 28.1 Å². The van der Waals surface area contributed by atoms with Crippen LogP contribution in [0.25, 0.3) is 33.7 Å². The van der Waals surface area contributed by atoms with Gasteiger partial charge in [0.1, 0.15) is 11.5 Å². The zero-order valence-corrected chi connectivity index (χ0v) is 14.7. The van der Waals surface area contributed by atoms with Crippen LogP contribution in [-0.4, -0.2) is 4.92 Å². The van der Waals surface area contributed by atoms with Crippen molar-refractivity contribution < 1.29 is 9.34 Å². The van der Waals surface area contributed by atoms with Crippen LogP contribution < -0.4 is 0 Å². The van der Waals surface area contributed by atoms with Crippen LogP contribution in [0.1, 0.15) is 11.3 Å². The molecule has 0 fully saturated rings. The highest BCUT2D eigenvalue weighted by atomic mass is 16.6. The number of furan rings is 1. The number of fused-ring (bicyclic) bond motifs is 1. The lowest BCUT2D eigenvalue weighted by Crippen LogP contribution is -1.90. The minimum Gasteiger partial charge on any atom is -0.456 e. The van der Waals surface area contributed by atoms with Gasteiger partial charge >= 0.3 is 0 Å². The summed E-state index contributed by atoms with van der Waals surface area (Å²) in [6, 6.07) is 25.6. The number of nitro benzene ring substituents is 1. The van der Waals surface area contributed by atoms with Crippen LogP contribution in [-0.2, 0) is 0 Å². The van der Waals surface area contributed by atoms with E-state index < -0.39 is 4.92 Å². The lowest BCUT2D eigenvalue weighted by molar-refractivity contribution is -0.384. The van der Waals surface area contributed by atoms with Crippen LogP contribution in [0.4, 0.5) is 5.69 Å². The zero-order chi connectivity index (χ0) is 19.5. The molecule has 0 radical (unpaired) electrons. The number of nitro groups is 1. The van der Waals surface area contributed by atoms with Gasteiger partial charge in [-0.3, -0.25) is 10.1 Å². The monoisotopic (exact) mass is 366 g/mol. The van der Waals surface area contributed by atoms with E-state index in [9.17, 15) is 15.4 Å². The minimum absolute atomic E-state index is 0.0260. The van der Waals surface area contributed by atoms with Crippen LogP contribution in [0, 0.1) is 21.4 Å². The van der Waals surface area contributed by atoms with Gasteiger partial charge in [-0.05, 0) is 35.0 Å². The van der Waals surface area contributed by atoms with Gasteiger partial charge in [0, 0.05) is 11.6 Å². The highest BCUT2D eigenvalue weighted by molar-refractivity contribution is 6.01. The summed E-state index contributed by atoms with van der Waals surface area (Å²) in [7, 11) is 0. The summed E-state index contributed by atoms with van der Waals surface area (Å²) in [5, 5.41) is 23.0. The number of nitriles is 1. The van der Waals surface area contributed by atoms with E-state index in [1.165, 1.54) is 6.07 Å². The molecular weight excluding hydrogens is 352 g/mol. The number of hydrogen-bond acceptors (Lipinski definition) is 4. The van der Waals surface area contributed by atoms with Gasteiger partial charge in [0.25, 0.3) is 5.69 Å². The van der Waals surface area contributed by atoms with Crippen LogP contribution >= 0.6 is 0 Å². The van der Waals surface area contributed by atoms with Gasteiger partial charge in [0.15, 0.2) is 0 Å². The molecule has 134 valence electrons. The van der Waals surface area contributed by atoms with Crippen molar-refractivity contribution in [1.82, 2.24) is 0 Å². The quantitative estimate of drug-likeness (QED) is 0.249. The van der Waals surface area contributed by atoms with Crippen molar-refractivity contribution in [1.29, 1.82) is 5.26 Å². The van der Waals surface area contributed by atoms with E-state index in [1.807, 2.05) is 42.5 Å². The van der Waals surface area contributed by atoms with E-state index >= 15 is 0 Å². The van der Waals surface area contributed by atoms with Gasteiger partial charge in [-0.15, -0.1) is 0 Å². The van der Waals surface area contributed by atoms with Crippen molar-refractivity contribution in [2.45, 2.75) is 0 Å². The third kappa shape index (κ3) is 3.15. The molecule has 4 aromatic rings. The minimum atomic E-state index is -0.440. The Kier molecular flexibility index (Phi) is 4.45. The predicted molar refractivity (Wildman–Crippen MR) is 108 cm³/mol. The van der Waals surface area contributed by atoms with E-state index in [-0.39, 0.29) is 5.69 Å². The van der Waals surface area contributed by atoms with Gasteiger partial charge in [0.05, 0.1) is 22.1 Å². The first kappa shape index (κ1) is 17.3. The van der Waals surface area contributed by atoms with Crippen molar-refractivity contribution in [3.63, 3.8) is 0 Å². The molecule has 0 N–H and O–H groups in total. The second-order valence-corrected chi connectivity index (χ2v) is 6.17. The molecule has 5 nitrogen and oxygen atoms in total. The summed E-state index contributed by atoms with van der Waals surface area (Å²) < 4.78 is 5.79. The van der Waals surface area contributed by atoms with Crippen molar-refractivity contribution in [2.24, 2.45) is 0 Å². The van der Waals surface area contributed by atoms with Gasteiger partial charge in [-0.1, -0.05) is 54.6 Å². The molecule has 5 heteroatoms. The average molecular weight is 366 g/mol. The topological polar surface area (TPSA) is 80.1 Å². The fourth-order valence-corrected chi connectivity index (χ4v) is 3.19. The molecule has 0 amide bonds. The number of allylic oxidation sites excluding steroid dienone is 1. The van der Waals surface area contributed by atoms with Gasteiger partial charge in [-0.25, -0.2) is 0 Å². The molecule has 0 spiro atoms. The number of para-hydroxylation sites is 1. The van der Waals surface area contributed by atoms with E-state index in [0.29, 0.717) is 22.7 Å². The van der Waals surface area contributed by atoms with Crippen molar-refractivity contribution in [2.75, 3.05) is 0 Å². The maximum Gasteiger partial charge on any atom is 0.280 e. The van der Waals surface area contributed by atoms with E-state index in [0.717, 1.165) is 16.3 Å². The molecule has 0 aliphatic heterocycles. The highest BCUT2D eigenvalue weighted by Crippen LogP contribution is 2.32. The zero-order valence-electron chi connectivity index (χ0n) is 14.7. The third-order valence-electron chi connectivity index (χ3n) is 4.48. The molecular formula is C23H14N2O3. The van der Waals surface area contributed by atoms with Gasteiger partial charge < -0.3 is 4.42 Å². The molecule has 1 heterocycles. The molecule has 0 aliphatic rings. The molecule has 0 atom stereocenters. The standard InChI is InChI=1S/C23H14N2O3/c24-15-17(20-10-5-7-16-6-1-2-8-19(16)20)14-18-12-13-23(28-18)21-9-3-4-11-22(21)25(26)27/h1-14H/b17-14-. The Morgan fingerprint density at radius 3 is 2.54 bits per heavy atom. The Morgan fingerprint density at radius 1 is 0.964 bits per heavy atom. The number of hydrogen-bond donors (Lipinski definition) is 0. The van der Waals surface area contributed by atoms with Crippen molar-refractivity contribution in [3.8, 4) is 17.4 Å². The third-order valence-corrected chi connectivity index (χ3v) is 4.48. The summed E-state index contributed by atoms with van der Waals surface area (Å²) >= 11 is 0. The maximum atomic E-state index is 11.2. The van der Waals surface area contributed by atoms with Gasteiger partial charge in [-0.2, -0.15) is 5.26 Å². The molecule has 28 heavy (non-hydrogen) atoms. The fraction of sp³-hybridized carbons (Fsp3) is 0. The first-order valence-corrected chi connectivity index (χ1v) is 8.61. The Labute approximate surface area is 160 Å². The Balaban J connectivity index is 1.77. The van der Waals surface area contributed by atoms with E-state index in [2.05, 4.69) is 6.07 Å². The summed E-state index contributed by atoms with van der Waals surface area (Å²) in [6.07, 6.45) is 1.65. The first-order valence-electron chi connectivity index (χ1n) is 8.61. The molecule has 0 aliphatic carbocycles. The number of benzene rings is 3. The maximum absolute atomic E-state index is 11.2. The van der Waals surface area contributed by atoms with E-state index in [1.54, 1.807) is 36.4 Å². The smallest absolute Gasteiger partial charge is 0.280 e. The number of nitrogens with zero attached hydrogens (tertiary/aromatic N) is 2. The largest absolute Gasteiger partial charge is 0.456 e. The lowest BCUT2D eigenvalue weighted by atomic mass is 9.98. The summed E-state index contributed by atoms with van der Waals surface area (Å²) in [5.74, 6) is 0.839. The molecule has 1 aromatic heterocycles. The Hall–Kier alpha value is -4.17. The van der Waals surface area contributed by atoms with Gasteiger partial charge in [0.2, 0.25) is 0 Å². The fourth-order valence-electron chi connectivity index (χ4n) is 3.19. The molecule has 4 rings (SSSR count). The Morgan fingerprint density at radius 2 is 1.71 bits per heavy atom. The molecule has 0 unspecified atom stereocenters. The normalized spacial score (nSPS) is 11.3. The second-order valence-electron chi connectivity index (χ2n) is 6.17. The predicted octanol–water partition coefficient (Wildman–Crippen LogP) is 6.07. The van der Waals surface area contributed by atoms with Crippen molar-refractivity contribution in [3.05, 3.63) is 100 Å². The Bertz CT molecular complexity index is 1260. The lowest BCUT2D eigenvalue weighted by Gasteiger charge is -2.05. The number of rotatable bonds is 4. The van der Waals surface area contributed by atoms with Crippen LogP contribution in [0.3, 0.4) is 0 Å². The van der Waals surface area contributed by atoms with Crippen LogP contribution in [0.15, 0.2) is 83.3 Å².